The first-order chi connectivity index (χ1) is 11.1. The summed E-state index contributed by atoms with van der Waals surface area (Å²) in [4.78, 5) is 1.57. The average molecular weight is 377 g/mol. The topological polar surface area (TPSA) is 75.2 Å². The molecule has 0 atom stereocenters. The van der Waals surface area contributed by atoms with Gasteiger partial charge in [0.05, 0.1) is 29.6 Å². The number of fused-ring (bicyclic) bond motifs is 1. The van der Waals surface area contributed by atoms with E-state index in [2.05, 4.69) is 33.1 Å². The number of anilines is 1. The Morgan fingerprint density at radius 2 is 1.96 bits per heavy atom. The predicted octanol–water partition coefficient (Wildman–Crippen LogP) is 3.56. The van der Waals surface area contributed by atoms with Crippen LogP contribution in [-0.4, -0.2) is 28.7 Å². The molecule has 3 rings (SSSR count). The second-order valence-corrected chi connectivity index (χ2v) is 5.80. The van der Waals surface area contributed by atoms with E-state index in [1.54, 1.807) is 18.0 Å². The molecule has 0 aliphatic rings. The number of nitrogens with zero attached hydrogens (tertiary/aromatic N) is 3. The summed E-state index contributed by atoms with van der Waals surface area (Å²) in [5, 5.41) is 8.98. The van der Waals surface area contributed by atoms with Crippen molar-refractivity contribution >= 4 is 32.7 Å². The Morgan fingerprint density at radius 3 is 2.61 bits per heavy atom. The van der Waals surface area contributed by atoms with Crippen LogP contribution in [0.3, 0.4) is 0 Å². The van der Waals surface area contributed by atoms with Crippen molar-refractivity contribution in [1.29, 1.82) is 0 Å². The van der Waals surface area contributed by atoms with Crippen LogP contribution in [0.15, 0.2) is 34.8 Å². The molecule has 0 aliphatic heterocycles. The van der Waals surface area contributed by atoms with Gasteiger partial charge in [0.2, 0.25) is 0 Å². The van der Waals surface area contributed by atoms with Crippen LogP contribution in [-0.2, 0) is 0 Å². The second kappa shape index (κ2) is 6.45. The summed E-state index contributed by atoms with van der Waals surface area (Å²) in [5.41, 5.74) is 8.75. The lowest BCUT2D eigenvalue weighted by atomic mass is 10.2. The Balaban J connectivity index is 1.98. The van der Waals surface area contributed by atoms with Gasteiger partial charge in [0.1, 0.15) is 22.5 Å². The van der Waals surface area contributed by atoms with Gasteiger partial charge in [-0.05, 0) is 46.6 Å². The van der Waals surface area contributed by atoms with Gasteiger partial charge in [-0.15, -0.1) is 10.2 Å². The number of aromatic nitrogens is 3. The van der Waals surface area contributed by atoms with Gasteiger partial charge in [0.15, 0.2) is 0 Å². The van der Waals surface area contributed by atoms with E-state index in [4.69, 9.17) is 15.2 Å². The summed E-state index contributed by atoms with van der Waals surface area (Å²) >= 11 is 3.46. The van der Waals surface area contributed by atoms with E-state index >= 15 is 0 Å². The first-order valence-corrected chi connectivity index (χ1v) is 8.05. The minimum absolute atomic E-state index is 0.510. The normalized spacial score (nSPS) is 10.9. The average Bonchev–Trinajstić information content (AvgIpc) is 3.01. The van der Waals surface area contributed by atoms with E-state index in [1.165, 1.54) is 0 Å². The van der Waals surface area contributed by atoms with Gasteiger partial charge in [-0.25, -0.2) is 0 Å². The highest BCUT2D eigenvalue weighted by Crippen LogP contribution is 2.35. The van der Waals surface area contributed by atoms with Crippen LogP contribution < -0.4 is 15.2 Å². The monoisotopic (exact) mass is 376 g/mol. The third-order valence-electron chi connectivity index (χ3n) is 3.38. The number of benzene rings is 2. The van der Waals surface area contributed by atoms with Crippen molar-refractivity contribution < 1.29 is 9.47 Å². The predicted molar refractivity (Wildman–Crippen MR) is 93.3 cm³/mol. The zero-order chi connectivity index (χ0) is 16.4. The summed E-state index contributed by atoms with van der Waals surface area (Å²) in [6.07, 6.45) is 0.977. The maximum Gasteiger partial charge on any atom is 0.145 e. The molecular formula is C16H17BrN4O2. The van der Waals surface area contributed by atoms with E-state index in [9.17, 15) is 0 Å². The number of hydrogen-bond acceptors (Lipinski definition) is 5. The van der Waals surface area contributed by atoms with Crippen LogP contribution in [0, 0.1) is 0 Å². The molecule has 23 heavy (non-hydrogen) atoms. The van der Waals surface area contributed by atoms with Crippen molar-refractivity contribution in [3.8, 4) is 17.2 Å². The van der Waals surface area contributed by atoms with E-state index in [0.29, 0.717) is 33.5 Å². The zero-order valence-corrected chi connectivity index (χ0v) is 14.5. The maximum atomic E-state index is 6.01. The van der Waals surface area contributed by atoms with Gasteiger partial charge in [0, 0.05) is 6.07 Å². The number of rotatable bonds is 5. The van der Waals surface area contributed by atoms with Gasteiger partial charge in [0.25, 0.3) is 0 Å². The summed E-state index contributed by atoms with van der Waals surface area (Å²) in [7, 11) is 1.57. The van der Waals surface area contributed by atoms with Crippen LogP contribution in [0.1, 0.15) is 13.3 Å². The molecule has 0 spiro atoms. The standard InChI is InChI=1S/C16H17BrN4O2/c1-3-8-23-11-6-4-10(5-7-11)21-19-12-9-13(22-2)15(18)14(17)16(12)20-21/h4-7,9H,3,8,18H2,1-2H3. The Labute approximate surface area is 142 Å². The highest BCUT2D eigenvalue weighted by atomic mass is 79.9. The van der Waals surface area contributed by atoms with Crippen molar-refractivity contribution in [2.24, 2.45) is 0 Å². The molecule has 7 heteroatoms. The maximum absolute atomic E-state index is 6.01. The summed E-state index contributed by atoms with van der Waals surface area (Å²) in [6.45, 7) is 2.78. The molecule has 2 N–H and O–H groups in total. The van der Waals surface area contributed by atoms with Crippen molar-refractivity contribution in [1.82, 2.24) is 15.0 Å². The molecule has 0 radical (unpaired) electrons. The fraction of sp³-hybridized carbons (Fsp3) is 0.250. The van der Waals surface area contributed by atoms with Gasteiger partial charge in [-0.1, -0.05) is 6.92 Å². The smallest absolute Gasteiger partial charge is 0.145 e. The van der Waals surface area contributed by atoms with Crippen LogP contribution >= 0.6 is 15.9 Å². The van der Waals surface area contributed by atoms with E-state index < -0.39 is 0 Å². The minimum atomic E-state index is 0.510. The number of methoxy groups -OCH3 is 1. The van der Waals surface area contributed by atoms with E-state index in [-0.39, 0.29) is 0 Å². The molecule has 1 heterocycles. The molecule has 3 aromatic rings. The van der Waals surface area contributed by atoms with Crippen molar-refractivity contribution in [3.63, 3.8) is 0 Å². The Morgan fingerprint density at radius 1 is 1.22 bits per heavy atom. The first-order valence-electron chi connectivity index (χ1n) is 7.26. The number of halogens is 1. The summed E-state index contributed by atoms with van der Waals surface area (Å²) in [6, 6.07) is 9.42. The van der Waals surface area contributed by atoms with E-state index in [0.717, 1.165) is 17.9 Å². The van der Waals surface area contributed by atoms with Gasteiger partial charge in [-0.2, -0.15) is 4.80 Å². The van der Waals surface area contributed by atoms with Crippen molar-refractivity contribution in [2.75, 3.05) is 19.5 Å². The highest BCUT2D eigenvalue weighted by Gasteiger charge is 2.14. The van der Waals surface area contributed by atoms with Crippen LogP contribution in [0.5, 0.6) is 11.5 Å². The molecule has 0 fully saturated rings. The Kier molecular flexibility index (Phi) is 4.38. The fourth-order valence-electron chi connectivity index (χ4n) is 2.19. The third kappa shape index (κ3) is 2.96. The molecule has 2 aromatic carbocycles. The van der Waals surface area contributed by atoms with E-state index in [1.807, 2.05) is 24.3 Å². The zero-order valence-electron chi connectivity index (χ0n) is 12.9. The molecule has 120 valence electrons. The Hall–Kier alpha value is -2.28. The number of nitrogen functional groups attached to an aromatic ring is 1. The highest BCUT2D eigenvalue weighted by molar-refractivity contribution is 9.10. The van der Waals surface area contributed by atoms with Crippen molar-refractivity contribution in [2.45, 2.75) is 13.3 Å². The number of hydrogen-bond donors (Lipinski definition) is 1. The molecule has 1 aromatic heterocycles. The number of ether oxygens (including phenoxy) is 2. The molecule has 0 saturated heterocycles. The SMILES string of the molecule is CCCOc1ccc(-n2nc3cc(OC)c(N)c(Br)c3n2)cc1. The van der Waals surface area contributed by atoms with Gasteiger partial charge < -0.3 is 15.2 Å². The molecule has 0 aliphatic carbocycles. The third-order valence-corrected chi connectivity index (χ3v) is 4.18. The molecule has 0 bridgehead atoms. The van der Waals surface area contributed by atoms with Crippen LogP contribution in [0.4, 0.5) is 5.69 Å². The largest absolute Gasteiger partial charge is 0.494 e. The quantitative estimate of drug-likeness (QED) is 0.688. The summed E-state index contributed by atoms with van der Waals surface area (Å²) in [5.74, 6) is 1.40. The van der Waals surface area contributed by atoms with Crippen LogP contribution in [0.25, 0.3) is 16.7 Å². The molecule has 0 saturated carbocycles. The first kappa shape index (κ1) is 15.6. The minimum Gasteiger partial charge on any atom is -0.494 e. The fourth-order valence-corrected chi connectivity index (χ4v) is 2.67. The second-order valence-electron chi connectivity index (χ2n) is 5.01. The molecular weight excluding hydrogens is 360 g/mol. The van der Waals surface area contributed by atoms with Crippen LogP contribution in [0.2, 0.25) is 0 Å². The summed E-state index contributed by atoms with van der Waals surface area (Å²) < 4.78 is 11.5. The molecule has 0 unspecified atom stereocenters. The lowest BCUT2D eigenvalue weighted by molar-refractivity contribution is 0.317. The number of nitrogens with two attached hydrogens (primary N) is 1. The van der Waals surface area contributed by atoms with Crippen molar-refractivity contribution in [3.05, 3.63) is 34.8 Å². The van der Waals surface area contributed by atoms with Gasteiger partial charge in [-0.3, -0.25) is 0 Å². The molecule has 0 amide bonds. The lowest BCUT2D eigenvalue weighted by Crippen LogP contribution is -1.99. The Bertz CT molecular complexity index is 830. The van der Waals surface area contributed by atoms with Gasteiger partial charge >= 0.3 is 0 Å². The molecule has 6 nitrogen and oxygen atoms in total. The lowest BCUT2D eigenvalue weighted by Gasteiger charge is -2.05.